The van der Waals surface area contributed by atoms with Crippen LogP contribution >= 0.6 is 0 Å². The summed E-state index contributed by atoms with van der Waals surface area (Å²) >= 11 is 0. The number of rotatable bonds is 9. The Bertz CT molecular complexity index is 824. The monoisotopic (exact) mass is 387 g/mol. The third-order valence-electron chi connectivity index (χ3n) is 5.01. The minimum Gasteiger partial charge on any atom is -0.494 e. The molecule has 6 nitrogen and oxygen atoms in total. The van der Waals surface area contributed by atoms with Gasteiger partial charge in [-0.15, -0.1) is 0 Å². The number of ether oxygens (including phenoxy) is 2. The number of carbonyl (C=O) groups is 2. The maximum absolute atomic E-state index is 13.1. The molecule has 0 aliphatic heterocycles. The molecule has 2 atom stereocenters. The van der Waals surface area contributed by atoms with Crippen LogP contribution in [0, 0.1) is 13.8 Å². The van der Waals surface area contributed by atoms with E-state index in [1.54, 1.807) is 20.8 Å². The molecule has 1 aromatic heterocycles. The topological polar surface area (TPSA) is 72.8 Å². The molecule has 6 heteroatoms. The summed E-state index contributed by atoms with van der Waals surface area (Å²) in [5.74, 6) is 0.437. The lowest BCUT2D eigenvalue weighted by Crippen LogP contribution is -3.12. The van der Waals surface area contributed by atoms with Crippen molar-refractivity contribution in [1.29, 1.82) is 0 Å². The lowest BCUT2D eigenvalue weighted by Gasteiger charge is -2.21. The van der Waals surface area contributed by atoms with E-state index in [0.717, 1.165) is 16.2 Å². The lowest BCUT2D eigenvalue weighted by molar-refractivity contribution is -0.907. The molecule has 1 aromatic carbocycles. The molecule has 1 unspecified atom stereocenters. The largest absolute Gasteiger partial charge is 0.494 e. The van der Waals surface area contributed by atoms with Gasteiger partial charge in [0.15, 0.2) is 6.04 Å². The SMILES string of the molecule is CCOC(=O)c1c(C)[nH]c(C(=O)[C@H](C)[NH+](C)Cc2ccc(OCC)cc2)c1C. The second-order valence-corrected chi connectivity index (χ2v) is 7.03. The van der Waals surface area contributed by atoms with Crippen LogP contribution in [0.1, 0.15) is 58.4 Å². The van der Waals surface area contributed by atoms with Crippen molar-refractivity contribution in [2.24, 2.45) is 0 Å². The van der Waals surface area contributed by atoms with Crippen LogP contribution in [0.4, 0.5) is 0 Å². The number of aromatic nitrogens is 1. The Morgan fingerprint density at radius 1 is 1.11 bits per heavy atom. The molecule has 2 aromatic rings. The first-order valence-corrected chi connectivity index (χ1v) is 9.74. The molecule has 0 aliphatic rings. The zero-order valence-electron chi connectivity index (χ0n) is 17.6. The second kappa shape index (κ2) is 9.55. The zero-order valence-corrected chi connectivity index (χ0v) is 17.6. The molecule has 28 heavy (non-hydrogen) atoms. The second-order valence-electron chi connectivity index (χ2n) is 7.03. The molecule has 0 amide bonds. The number of benzene rings is 1. The van der Waals surface area contributed by atoms with Gasteiger partial charge >= 0.3 is 5.97 Å². The van der Waals surface area contributed by atoms with Gasteiger partial charge in [0.25, 0.3) is 0 Å². The van der Waals surface area contributed by atoms with Gasteiger partial charge in [0.05, 0.1) is 31.5 Å². The summed E-state index contributed by atoms with van der Waals surface area (Å²) in [4.78, 5) is 29.4. The molecule has 0 saturated heterocycles. The molecule has 0 radical (unpaired) electrons. The van der Waals surface area contributed by atoms with Gasteiger partial charge in [0.2, 0.25) is 5.78 Å². The van der Waals surface area contributed by atoms with E-state index in [1.165, 1.54) is 0 Å². The molecule has 2 rings (SSSR count). The van der Waals surface area contributed by atoms with Crippen LogP contribution in [0.5, 0.6) is 5.75 Å². The number of H-pyrrole nitrogens is 1. The van der Waals surface area contributed by atoms with Crippen molar-refractivity contribution in [2.45, 2.75) is 47.2 Å². The smallest absolute Gasteiger partial charge is 0.340 e. The normalized spacial score (nSPS) is 13.1. The lowest BCUT2D eigenvalue weighted by atomic mass is 10.0. The van der Waals surface area contributed by atoms with Crippen LogP contribution in [-0.2, 0) is 11.3 Å². The Labute approximate surface area is 166 Å². The van der Waals surface area contributed by atoms with Crippen LogP contribution in [0.2, 0.25) is 0 Å². The fourth-order valence-electron chi connectivity index (χ4n) is 3.29. The van der Waals surface area contributed by atoms with Crippen LogP contribution in [-0.4, -0.2) is 43.0 Å². The Kier molecular flexibility index (Phi) is 7.40. The molecule has 0 saturated carbocycles. The third-order valence-corrected chi connectivity index (χ3v) is 5.01. The van der Waals surface area contributed by atoms with Gasteiger partial charge in [-0.25, -0.2) is 4.79 Å². The summed E-state index contributed by atoms with van der Waals surface area (Å²) in [5.41, 5.74) is 3.39. The van der Waals surface area contributed by atoms with Crippen molar-refractivity contribution in [2.75, 3.05) is 20.3 Å². The predicted molar refractivity (Wildman–Crippen MR) is 108 cm³/mol. The first-order chi connectivity index (χ1) is 13.3. The number of nitrogens with one attached hydrogen (secondary N) is 2. The summed E-state index contributed by atoms with van der Waals surface area (Å²) in [6.45, 7) is 10.9. The van der Waals surface area contributed by atoms with E-state index in [4.69, 9.17) is 9.47 Å². The Morgan fingerprint density at radius 2 is 1.75 bits per heavy atom. The summed E-state index contributed by atoms with van der Waals surface area (Å²) in [6.07, 6.45) is 0. The average Bonchev–Trinajstić information content (AvgIpc) is 2.96. The van der Waals surface area contributed by atoms with Crippen molar-refractivity contribution >= 4 is 11.8 Å². The number of Topliss-reactive ketones (excluding diaryl/α,β-unsaturated/α-hetero) is 1. The average molecular weight is 388 g/mol. The number of hydrogen-bond acceptors (Lipinski definition) is 4. The highest BCUT2D eigenvalue weighted by Crippen LogP contribution is 2.20. The summed E-state index contributed by atoms with van der Waals surface area (Å²) < 4.78 is 10.6. The third kappa shape index (κ3) is 4.81. The molecule has 1 heterocycles. The molecule has 2 N–H and O–H groups in total. The molecular formula is C22H31N2O4+. The van der Waals surface area contributed by atoms with Crippen LogP contribution < -0.4 is 9.64 Å². The van der Waals surface area contributed by atoms with Crippen molar-refractivity contribution in [3.8, 4) is 5.75 Å². The minimum atomic E-state index is -0.393. The number of ketones is 1. The summed E-state index contributed by atoms with van der Waals surface area (Å²) in [6, 6.07) is 7.67. The number of hydrogen-bond donors (Lipinski definition) is 2. The van der Waals surface area contributed by atoms with Crippen LogP contribution in [0.3, 0.4) is 0 Å². The van der Waals surface area contributed by atoms with Gasteiger partial charge in [-0.05, 0) is 64.4 Å². The first-order valence-electron chi connectivity index (χ1n) is 9.74. The maximum atomic E-state index is 13.1. The van der Waals surface area contributed by atoms with Crippen molar-refractivity contribution in [1.82, 2.24) is 4.98 Å². The van der Waals surface area contributed by atoms with Gasteiger partial charge in [-0.1, -0.05) is 0 Å². The van der Waals surface area contributed by atoms with E-state index in [0.29, 0.717) is 42.3 Å². The van der Waals surface area contributed by atoms with Gasteiger partial charge in [-0.3, -0.25) is 4.79 Å². The number of aromatic amines is 1. The number of likely N-dealkylation sites (N-methyl/N-ethyl adjacent to an activating group) is 1. The van der Waals surface area contributed by atoms with Crippen molar-refractivity contribution in [3.63, 3.8) is 0 Å². The molecule has 152 valence electrons. The highest BCUT2D eigenvalue weighted by Gasteiger charge is 2.29. The quantitative estimate of drug-likeness (QED) is 0.512. The van der Waals surface area contributed by atoms with Crippen molar-refractivity contribution < 1.29 is 24.0 Å². The standard InChI is InChI=1S/C22H30N2O4/c1-7-27-18-11-9-17(10-12-18)13-24(6)16(5)21(25)20-14(3)19(15(4)23-20)22(26)28-8-2/h9-12,16,23H,7-8,13H2,1-6H3/p+1/t16-/m0/s1. The predicted octanol–water partition coefficient (Wildman–Crippen LogP) is 2.49. The number of esters is 1. The Morgan fingerprint density at radius 3 is 2.32 bits per heavy atom. The number of carbonyl (C=O) groups excluding carboxylic acids is 2. The van der Waals surface area contributed by atoms with E-state index >= 15 is 0 Å². The minimum absolute atomic E-state index is 0.0143. The van der Waals surface area contributed by atoms with E-state index in [1.807, 2.05) is 45.2 Å². The number of aryl methyl sites for hydroxylation is 1. The number of quaternary nitrogens is 1. The van der Waals surface area contributed by atoms with Gasteiger partial charge in [0, 0.05) is 11.3 Å². The van der Waals surface area contributed by atoms with E-state index in [2.05, 4.69) is 4.98 Å². The molecule has 0 fully saturated rings. The highest BCUT2D eigenvalue weighted by molar-refractivity contribution is 6.03. The fourth-order valence-corrected chi connectivity index (χ4v) is 3.29. The van der Waals surface area contributed by atoms with Gasteiger partial charge in [0.1, 0.15) is 12.3 Å². The van der Waals surface area contributed by atoms with E-state index < -0.39 is 5.97 Å². The van der Waals surface area contributed by atoms with E-state index in [9.17, 15) is 9.59 Å². The highest BCUT2D eigenvalue weighted by atomic mass is 16.5. The molecule has 0 bridgehead atoms. The Balaban J connectivity index is 2.13. The summed E-state index contributed by atoms with van der Waals surface area (Å²) in [7, 11) is 2.00. The molecule has 0 aliphatic carbocycles. The van der Waals surface area contributed by atoms with Crippen LogP contribution in [0.25, 0.3) is 0 Å². The zero-order chi connectivity index (χ0) is 20.8. The van der Waals surface area contributed by atoms with Crippen molar-refractivity contribution in [3.05, 3.63) is 52.3 Å². The maximum Gasteiger partial charge on any atom is 0.340 e. The van der Waals surface area contributed by atoms with Gasteiger partial charge < -0.3 is 19.4 Å². The van der Waals surface area contributed by atoms with E-state index in [-0.39, 0.29) is 11.8 Å². The molecule has 0 spiro atoms. The first kappa shape index (κ1) is 21.7. The van der Waals surface area contributed by atoms with Gasteiger partial charge in [-0.2, -0.15) is 0 Å². The Hall–Kier alpha value is -2.60. The van der Waals surface area contributed by atoms with Crippen LogP contribution in [0.15, 0.2) is 24.3 Å². The summed E-state index contributed by atoms with van der Waals surface area (Å²) in [5, 5.41) is 0. The molecular weight excluding hydrogens is 356 g/mol. The fraction of sp³-hybridized carbons (Fsp3) is 0.455.